The second-order valence-electron chi connectivity index (χ2n) is 9.28. The fraction of sp³-hybridized carbons (Fsp3) is 0.625. The normalized spacial score (nSPS) is 24.4. The molecule has 4 rings (SSSR count). The zero-order valence-corrected chi connectivity index (χ0v) is 19.9. The smallest absolute Gasteiger partial charge is 0.230 e. The van der Waals surface area contributed by atoms with Crippen LogP contribution in [0.4, 0.5) is 4.39 Å². The molecule has 3 unspecified atom stereocenters. The molecule has 0 bridgehead atoms. The first-order valence-electron chi connectivity index (χ1n) is 11.9. The summed E-state index contributed by atoms with van der Waals surface area (Å²) in [6.45, 7) is 7.32. The topological polar surface area (TPSA) is 63.1 Å². The van der Waals surface area contributed by atoms with E-state index in [-0.39, 0.29) is 17.8 Å². The number of carbonyl (C=O) groups is 1. The van der Waals surface area contributed by atoms with Crippen LogP contribution in [-0.4, -0.2) is 50.5 Å². The van der Waals surface area contributed by atoms with Crippen molar-refractivity contribution in [2.75, 3.05) is 18.8 Å². The van der Waals surface area contributed by atoms with Gasteiger partial charge in [0.15, 0.2) is 11.0 Å². The fourth-order valence-corrected chi connectivity index (χ4v) is 5.61. The third kappa shape index (κ3) is 5.70. The minimum atomic E-state index is -0.274. The SMILES string of the molecule is CC1CCCC(NC(=O)CSc2nnc(CN3CCCCC3)n2-c2ccc(F)cc2)C1C. The monoisotopic (exact) mass is 459 g/mol. The summed E-state index contributed by atoms with van der Waals surface area (Å²) < 4.78 is 15.5. The van der Waals surface area contributed by atoms with Gasteiger partial charge in [-0.3, -0.25) is 14.3 Å². The fourth-order valence-electron chi connectivity index (χ4n) is 4.83. The van der Waals surface area contributed by atoms with Gasteiger partial charge in [-0.25, -0.2) is 4.39 Å². The molecule has 2 aromatic rings. The highest BCUT2D eigenvalue weighted by molar-refractivity contribution is 7.99. The molecule has 2 heterocycles. The quantitative estimate of drug-likeness (QED) is 0.621. The number of amides is 1. The van der Waals surface area contributed by atoms with Crippen LogP contribution in [-0.2, 0) is 11.3 Å². The zero-order chi connectivity index (χ0) is 22.5. The summed E-state index contributed by atoms with van der Waals surface area (Å²) in [6, 6.07) is 6.64. The Balaban J connectivity index is 1.46. The number of likely N-dealkylation sites (tertiary alicyclic amines) is 1. The molecule has 1 aliphatic heterocycles. The number of rotatable bonds is 7. The van der Waals surface area contributed by atoms with E-state index in [1.165, 1.54) is 56.0 Å². The lowest BCUT2D eigenvalue weighted by Gasteiger charge is -2.34. The molecule has 6 nitrogen and oxygen atoms in total. The van der Waals surface area contributed by atoms with Gasteiger partial charge in [0, 0.05) is 11.7 Å². The van der Waals surface area contributed by atoms with Crippen LogP contribution in [0.3, 0.4) is 0 Å². The maximum atomic E-state index is 13.5. The van der Waals surface area contributed by atoms with Crippen LogP contribution in [0.5, 0.6) is 0 Å². The lowest BCUT2D eigenvalue weighted by molar-refractivity contribution is -0.120. The lowest BCUT2D eigenvalue weighted by atomic mass is 9.78. The molecule has 1 saturated heterocycles. The van der Waals surface area contributed by atoms with Crippen LogP contribution in [0.15, 0.2) is 29.4 Å². The van der Waals surface area contributed by atoms with Crippen molar-refractivity contribution in [1.82, 2.24) is 25.0 Å². The maximum Gasteiger partial charge on any atom is 0.230 e. The lowest BCUT2D eigenvalue weighted by Crippen LogP contribution is -2.44. The molecule has 1 N–H and O–H groups in total. The van der Waals surface area contributed by atoms with Crippen LogP contribution in [0.25, 0.3) is 5.69 Å². The van der Waals surface area contributed by atoms with Gasteiger partial charge in [0.05, 0.1) is 12.3 Å². The second-order valence-corrected chi connectivity index (χ2v) is 10.2. The molecule has 1 saturated carbocycles. The number of carbonyl (C=O) groups excluding carboxylic acids is 1. The molecule has 174 valence electrons. The van der Waals surface area contributed by atoms with Crippen molar-refractivity contribution in [3.63, 3.8) is 0 Å². The van der Waals surface area contributed by atoms with Gasteiger partial charge >= 0.3 is 0 Å². The van der Waals surface area contributed by atoms with Gasteiger partial charge in [-0.05, 0) is 68.5 Å². The molecule has 1 aromatic carbocycles. The van der Waals surface area contributed by atoms with E-state index in [0.717, 1.165) is 31.0 Å². The average Bonchev–Trinajstić information content (AvgIpc) is 3.19. The van der Waals surface area contributed by atoms with Gasteiger partial charge in [0.25, 0.3) is 0 Å². The zero-order valence-electron chi connectivity index (χ0n) is 19.1. The second kappa shape index (κ2) is 10.8. The third-order valence-corrected chi connectivity index (χ3v) is 7.91. The van der Waals surface area contributed by atoms with E-state index in [4.69, 9.17) is 0 Å². The first kappa shape index (κ1) is 23.2. The van der Waals surface area contributed by atoms with E-state index in [2.05, 4.69) is 34.3 Å². The van der Waals surface area contributed by atoms with Gasteiger partial charge < -0.3 is 5.32 Å². The minimum Gasteiger partial charge on any atom is -0.352 e. The first-order chi connectivity index (χ1) is 15.5. The molecule has 2 aliphatic rings. The highest BCUT2D eigenvalue weighted by atomic mass is 32.2. The van der Waals surface area contributed by atoms with E-state index in [0.29, 0.717) is 29.3 Å². The Kier molecular flexibility index (Phi) is 7.84. The predicted molar refractivity (Wildman–Crippen MR) is 125 cm³/mol. The summed E-state index contributed by atoms with van der Waals surface area (Å²) >= 11 is 1.39. The Morgan fingerprint density at radius 2 is 1.84 bits per heavy atom. The van der Waals surface area contributed by atoms with E-state index in [9.17, 15) is 9.18 Å². The number of piperidine rings is 1. The maximum absolute atomic E-state index is 13.5. The molecule has 0 radical (unpaired) electrons. The van der Waals surface area contributed by atoms with Gasteiger partial charge in [0.1, 0.15) is 5.82 Å². The Bertz CT molecular complexity index is 896. The highest BCUT2D eigenvalue weighted by Gasteiger charge is 2.28. The van der Waals surface area contributed by atoms with Crippen molar-refractivity contribution in [1.29, 1.82) is 0 Å². The number of nitrogens with one attached hydrogen (secondary N) is 1. The number of benzene rings is 1. The van der Waals surface area contributed by atoms with Crippen LogP contribution in [0.1, 0.15) is 58.2 Å². The van der Waals surface area contributed by atoms with E-state index in [1.54, 1.807) is 12.1 Å². The Hall–Kier alpha value is -1.93. The largest absolute Gasteiger partial charge is 0.352 e. The summed E-state index contributed by atoms with van der Waals surface area (Å²) in [6.07, 6.45) is 7.13. The molecule has 2 fully saturated rings. The third-order valence-electron chi connectivity index (χ3n) is 6.98. The Morgan fingerprint density at radius 1 is 1.09 bits per heavy atom. The van der Waals surface area contributed by atoms with E-state index < -0.39 is 0 Å². The Labute approximate surface area is 194 Å². The molecule has 0 spiro atoms. The number of halogens is 1. The number of aromatic nitrogens is 3. The summed E-state index contributed by atoms with van der Waals surface area (Å²) in [5.41, 5.74) is 0.820. The van der Waals surface area contributed by atoms with Gasteiger partial charge in [-0.15, -0.1) is 10.2 Å². The molecule has 3 atom stereocenters. The predicted octanol–water partition coefficient (Wildman–Crippen LogP) is 4.43. The van der Waals surface area contributed by atoms with E-state index in [1.807, 2.05) is 4.57 Å². The highest BCUT2D eigenvalue weighted by Crippen LogP contribution is 2.30. The minimum absolute atomic E-state index is 0.0344. The summed E-state index contributed by atoms with van der Waals surface area (Å²) in [7, 11) is 0. The molecular weight excluding hydrogens is 425 g/mol. The van der Waals surface area contributed by atoms with Crippen molar-refractivity contribution in [3.05, 3.63) is 35.9 Å². The summed E-state index contributed by atoms with van der Waals surface area (Å²) in [5, 5.41) is 12.8. The van der Waals surface area contributed by atoms with Crippen LogP contribution in [0, 0.1) is 17.7 Å². The molecule has 8 heteroatoms. The Morgan fingerprint density at radius 3 is 2.59 bits per heavy atom. The number of hydrogen-bond donors (Lipinski definition) is 1. The van der Waals surface area contributed by atoms with E-state index >= 15 is 0 Å². The van der Waals surface area contributed by atoms with Crippen molar-refractivity contribution in [2.45, 2.75) is 70.1 Å². The van der Waals surface area contributed by atoms with Crippen LogP contribution < -0.4 is 5.32 Å². The standard InChI is InChI=1S/C24H34FN5OS/c1-17-7-6-8-21(18(17)2)26-23(31)16-32-24-28-27-22(15-29-13-4-3-5-14-29)30(24)20-11-9-19(25)10-12-20/h9-12,17-18,21H,3-8,13-16H2,1-2H3,(H,26,31). The molecule has 32 heavy (non-hydrogen) atoms. The van der Waals surface area contributed by atoms with Gasteiger partial charge in [-0.1, -0.05) is 44.9 Å². The van der Waals surface area contributed by atoms with Crippen molar-refractivity contribution in [3.8, 4) is 5.69 Å². The molecule has 1 aromatic heterocycles. The van der Waals surface area contributed by atoms with Gasteiger partial charge in [0.2, 0.25) is 5.91 Å². The van der Waals surface area contributed by atoms with Crippen molar-refractivity contribution in [2.24, 2.45) is 11.8 Å². The number of nitrogens with zero attached hydrogens (tertiary/aromatic N) is 4. The van der Waals surface area contributed by atoms with Crippen LogP contribution >= 0.6 is 11.8 Å². The number of thioether (sulfide) groups is 1. The molecule has 1 amide bonds. The summed E-state index contributed by atoms with van der Waals surface area (Å²) in [5.74, 6) is 2.02. The number of hydrogen-bond acceptors (Lipinski definition) is 5. The summed E-state index contributed by atoms with van der Waals surface area (Å²) in [4.78, 5) is 15.1. The van der Waals surface area contributed by atoms with Gasteiger partial charge in [-0.2, -0.15) is 0 Å². The first-order valence-corrected chi connectivity index (χ1v) is 12.8. The average molecular weight is 460 g/mol. The molecular formula is C24H34FN5OS. The van der Waals surface area contributed by atoms with Crippen LogP contribution in [0.2, 0.25) is 0 Å². The van der Waals surface area contributed by atoms with Crippen molar-refractivity contribution < 1.29 is 9.18 Å². The van der Waals surface area contributed by atoms with Crippen molar-refractivity contribution >= 4 is 17.7 Å². The molecule has 1 aliphatic carbocycles.